The largest absolute Gasteiger partial charge is 0.357 e. The molecule has 35 heavy (non-hydrogen) atoms. The number of aromatic nitrogens is 4. The molecule has 1 unspecified atom stereocenters. The van der Waals surface area contributed by atoms with Gasteiger partial charge in [0.1, 0.15) is 6.04 Å². The van der Waals surface area contributed by atoms with E-state index in [1.165, 1.54) is 13.1 Å². The smallest absolute Gasteiger partial charge is 0.253 e. The van der Waals surface area contributed by atoms with E-state index in [0.717, 1.165) is 30.7 Å². The molecule has 1 aliphatic carbocycles. The van der Waals surface area contributed by atoms with E-state index in [2.05, 4.69) is 20.7 Å². The maximum absolute atomic E-state index is 13.9. The highest BCUT2D eigenvalue weighted by Crippen LogP contribution is 2.40. The summed E-state index contributed by atoms with van der Waals surface area (Å²) in [7, 11) is 1.40. The van der Waals surface area contributed by atoms with Gasteiger partial charge in [0.25, 0.3) is 5.91 Å². The lowest BCUT2D eigenvalue weighted by molar-refractivity contribution is -0.122. The van der Waals surface area contributed by atoms with Gasteiger partial charge < -0.3 is 10.6 Å². The number of amides is 2. The molecule has 0 spiro atoms. The molecule has 0 radical (unpaired) electrons. The topological polar surface area (TPSA) is 102 Å². The van der Waals surface area contributed by atoms with Crippen molar-refractivity contribution in [3.63, 3.8) is 0 Å². The van der Waals surface area contributed by atoms with Gasteiger partial charge in [-0.05, 0) is 55.7 Å². The summed E-state index contributed by atoms with van der Waals surface area (Å²) in [5.74, 6) is -2.49. The van der Waals surface area contributed by atoms with Crippen LogP contribution in [-0.4, -0.2) is 38.6 Å². The quantitative estimate of drug-likeness (QED) is 0.444. The average Bonchev–Trinajstić information content (AvgIpc) is 3.67. The number of carbonyl (C=O) groups is 2. The normalized spacial score (nSPS) is 14.1. The van der Waals surface area contributed by atoms with Gasteiger partial charge in [0.2, 0.25) is 5.91 Å². The van der Waals surface area contributed by atoms with Gasteiger partial charge in [-0.15, -0.1) is 0 Å². The van der Waals surface area contributed by atoms with Crippen molar-refractivity contribution in [2.75, 3.05) is 7.05 Å². The van der Waals surface area contributed by atoms with Crippen molar-refractivity contribution in [3.05, 3.63) is 82.8 Å². The van der Waals surface area contributed by atoms with Crippen LogP contribution >= 0.6 is 0 Å². The third kappa shape index (κ3) is 4.23. The molecule has 8 nitrogen and oxygen atoms in total. The molecule has 1 aliphatic rings. The molecule has 4 aromatic rings. The zero-order valence-electron chi connectivity index (χ0n) is 19.0. The first kappa shape index (κ1) is 22.6. The summed E-state index contributed by atoms with van der Waals surface area (Å²) in [5, 5.41) is 10.2. The predicted molar refractivity (Wildman–Crippen MR) is 124 cm³/mol. The summed E-state index contributed by atoms with van der Waals surface area (Å²) in [5.41, 5.74) is 2.22. The first-order valence-electron chi connectivity index (χ1n) is 11.2. The van der Waals surface area contributed by atoms with Gasteiger partial charge in [-0.25, -0.2) is 18.7 Å². The van der Waals surface area contributed by atoms with Gasteiger partial charge >= 0.3 is 0 Å². The van der Waals surface area contributed by atoms with E-state index >= 15 is 0 Å². The number of carbonyl (C=O) groups excluding carboxylic acids is 2. The molecule has 1 atom stereocenters. The summed E-state index contributed by atoms with van der Waals surface area (Å²) in [6.45, 7) is 1.77. The van der Waals surface area contributed by atoms with E-state index in [9.17, 15) is 18.4 Å². The monoisotopic (exact) mass is 476 g/mol. The molecule has 1 fully saturated rings. The molecule has 0 saturated heterocycles. The van der Waals surface area contributed by atoms with Gasteiger partial charge in [-0.1, -0.05) is 12.1 Å². The van der Waals surface area contributed by atoms with Crippen LogP contribution in [0.25, 0.3) is 16.9 Å². The highest BCUT2D eigenvalue weighted by atomic mass is 19.2. The first-order valence-corrected chi connectivity index (χ1v) is 11.2. The fourth-order valence-corrected chi connectivity index (χ4v) is 4.06. The molecule has 3 aromatic heterocycles. The highest BCUT2D eigenvalue weighted by Gasteiger charge is 2.31. The zero-order chi connectivity index (χ0) is 24.7. The first-order chi connectivity index (χ1) is 16.9. The van der Waals surface area contributed by atoms with E-state index in [1.54, 1.807) is 36.0 Å². The van der Waals surface area contributed by atoms with Gasteiger partial charge in [0, 0.05) is 24.9 Å². The van der Waals surface area contributed by atoms with Crippen LogP contribution in [0.3, 0.4) is 0 Å². The van der Waals surface area contributed by atoms with Gasteiger partial charge in [-0.3, -0.25) is 9.59 Å². The molecular weight excluding hydrogens is 454 g/mol. The van der Waals surface area contributed by atoms with Crippen LogP contribution in [0, 0.1) is 18.6 Å². The maximum atomic E-state index is 13.9. The predicted octanol–water partition coefficient (Wildman–Crippen LogP) is 3.50. The van der Waals surface area contributed by atoms with E-state index in [1.807, 2.05) is 6.07 Å². The number of hydrogen-bond donors (Lipinski definition) is 2. The van der Waals surface area contributed by atoms with Crippen LogP contribution in [0.2, 0.25) is 0 Å². The summed E-state index contributed by atoms with van der Waals surface area (Å²) >= 11 is 0. The molecule has 178 valence electrons. The Kier molecular flexibility index (Phi) is 5.72. The van der Waals surface area contributed by atoms with Crippen LogP contribution < -0.4 is 10.6 Å². The lowest BCUT2D eigenvalue weighted by atomic mass is 10.0. The number of hydrogen-bond acceptors (Lipinski definition) is 5. The molecule has 5 rings (SSSR count). The number of benzene rings is 1. The van der Waals surface area contributed by atoms with Crippen molar-refractivity contribution in [1.82, 2.24) is 30.4 Å². The molecule has 0 aliphatic heterocycles. The molecule has 0 bridgehead atoms. The SMILES string of the molecule is CNC(=O)C(NC(=O)c1cc(C2CC2)nc2c1c(C)nn2-c1ccccn1)c1ccc(F)c(F)c1. The van der Waals surface area contributed by atoms with E-state index in [4.69, 9.17) is 4.98 Å². The van der Waals surface area contributed by atoms with Crippen molar-refractivity contribution in [2.24, 2.45) is 0 Å². The Morgan fingerprint density at radius 2 is 1.91 bits per heavy atom. The Morgan fingerprint density at radius 3 is 2.57 bits per heavy atom. The summed E-state index contributed by atoms with van der Waals surface area (Å²) in [4.78, 5) is 35.3. The Morgan fingerprint density at radius 1 is 1.11 bits per heavy atom. The Labute approximate surface area is 199 Å². The minimum Gasteiger partial charge on any atom is -0.357 e. The highest BCUT2D eigenvalue weighted by molar-refractivity contribution is 6.08. The van der Waals surface area contributed by atoms with Crippen LogP contribution in [0.1, 0.15) is 52.1 Å². The number of likely N-dealkylation sites (N-methyl/N-ethyl adjacent to an activating group) is 1. The van der Waals surface area contributed by atoms with Gasteiger partial charge in [-0.2, -0.15) is 9.78 Å². The molecule has 10 heteroatoms. The van der Waals surface area contributed by atoms with Crippen LogP contribution in [0.4, 0.5) is 8.78 Å². The lowest BCUT2D eigenvalue weighted by Gasteiger charge is -2.18. The van der Waals surface area contributed by atoms with Crippen molar-refractivity contribution in [2.45, 2.75) is 31.7 Å². The lowest BCUT2D eigenvalue weighted by Crippen LogP contribution is -2.39. The zero-order valence-corrected chi connectivity index (χ0v) is 19.0. The number of rotatable bonds is 6. The fourth-order valence-electron chi connectivity index (χ4n) is 4.06. The summed E-state index contributed by atoms with van der Waals surface area (Å²) < 4.78 is 29.0. The van der Waals surface area contributed by atoms with Gasteiger partial charge in [0.05, 0.1) is 16.6 Å². The molecule has 1 aromatic carbocycles. The van der Waals surface area contributed by atoms with Crippen molar-refractivity contribution in [1.29, 1.82) is 0 Å². The second-order valence-corrected chi connectivity index (χ2v) is 8.45. The Balaban J connectivity index is 1.61. The minimum absolute atomic E-state index is 0.116. The molecule has 3 heterocycles. The minimum atomic E-state index is -1.23. The molecule has 1 saturated carbocycles. The summed E-state index contributed by atoms with van der Waals surface area (Å²) in [6.07, 6.45) is 3.57. The summed E-state index contributed by atoms with van der Waals surface area (Å²) in [6, 6.07) is 8.99. The fraction of sp³-hybridized carbons (Fsp3) is 0.240. The Bertz CT molecular complexity index is 1450. The van der Waals surface area contributed by atoms with Crippen LogP contribution in [-0.2, 0) is 4.79 Å². The van der Waals surface area contributed by atoms with E-state index in [0.29, 0.717) is 28.1 Å². The van der Waals surface area contributed by atoms with Crippen LogP contribution in [0.15, 0.2) is 48.7 Å². The number of nitrogens with zero attached hydrogens (tertiary/aromatic N) is 4. The maximum Gasteiger partial charge on any atom is 0.253 e. The third-order valence-corrected chi connectivity index (χ3v) is 6.00. The van der Waals surface area contributed by atoms with Gasteiger partial charge in [0.15, 0.2) is 23.1 Å². The van der Waals surface area contributed by atoms with E-state index in [-0.39, 0.29) is 11.5 Å². The van der Waals surface area contributed by atoms with Crippen molar-refractivity contribution < 1.29 is 18.4 Å². The molecule has 2 N–H and O–H groups in total. The number of aryl methyl sites for hydroxylation is 1. The third-order valence-electron chi connectivity index (χ3n) is 6.00. The number of halogens is 2. The van der Waals surface area contributed by atoms with Crippen LogP contribution in [0.5, 0.6) is 0 Å². The number of nitrogens with one attached hydrogen (secondary N) is 2. The molecular formula is C25H22F2N6O2. The average molecular weight is 476 g/mol. The second-order valence-electron chi connectivity index (χ2n) is 8.45. The number of fused-ring (bicyclic) bond motifs is 1. The molecule has 2 amide bonds. The second kappa shape index (κ2) is 8.86. The standard InChI is InChI=1S/C25H22F2N6O2/c1-13-21-16(24(34)31-22(25(35)28-2)15-8-9-17(26)18(27)11-15)12-19(14-6-7-14)30-23(21)33(32-13)20-5-3-4-10-29-20/h3-5,8-12,14,22H,6-7H2,1-2H3,(H,28,35)(H,31,34). The van der Waals surface area contributed by atoms with Crippen molar-refractivity contribution >= 4 is 22.8 Å². The number of pyridine rings is 2. The Hall–Kier alpha value is -4.21. The van der Waals surface area contributed by atoms with Crippen molar-refractivity contribution in [3.8, 4) is 5.82 Å². The van der Waals surface area contributed by atoms with E-state index < -0.39 is 29.5 Å².